The molecular weight excluding hydrogens is 362 g/mol. The van der Waals surface area contributed by atoms with Gasteiger partial charge in [0.25, 0.3) is 0 Å². The van der Waals surface area contributed by atoms with E-state index in [1.807, 2.05) is 0 Å². The van der Waals surface area contributed by atoms with E-state index in [1.165, 1.54) is 30.8 Å². The summed E-state index contributed by atoms with van der Waals surface area (Å²) < 4.78 is 4.37. The van der Waals surface area contributed by atoms with E-state index in [-0.39, 0.29) is 12.5 Å². The molecule has 2 N–H and O–H groups in total. The third-order valence-corrected chi connectivity index (χ3v) is 6.03. The van der Waals surface area contributed by atoms with Gasteiger partial charge in [-0.15, -0.1) is 0 Å². The van der Waals surface area contributed by atoms with Crippen molar-refractivity contribution in [2.24, 2.45) is 4.99 Å². The number of piperazine rings is 1. The summed E-state index contributed by atoms with van der Waals surface area (Å²) in [6.45, 7) is 5.82. The average molecular weight is 394 g/mol. The van der Waals surface area contributed by atoms with Gasteiger partial charge in [-0.1, -0.05) is 26.2 Å². The summed E-state index contributed by atoms with van der Waals surface area (Å²) in [5.41, 5.74) is 0. The number of aliphatic imine (C=N–C) groups is 1. The number of aryl methyl sites for hydroxylation is 1. The van der Waals surface area contributed by atoms with E-state index in [0.717, 1.165) is 62.4 Å². The van der Waals surface area contributed by atoms with E-state index in [0.29, 0.717) is 6.04 Å². The van der Waals surface area contributed by atoms with Crippen LogP contribution in [0.5, 0.6) is 0 Å². The molecule has 27 heavy (non-hydrogen) atoms. The van der Waals surface area contributed by atoms with E-state index in [4.69, 9.17) is 0 Å². The zero-order valence-electron chi connectivity index (χ0n) is 16.4. The van der Waals surface area contributed by atoms with Gasteiger partial charge in [0.1, 0.15) is 5.82 Å². The topological polar surface area (TPSA) is 85.8 Å². The number of carbonyl (C=O) groups excluding carboxylic acids is 1. The Morgan fingerprint density at radius 2 is 1.96 bits per heavy atom. The number of nitrogens with one attached hydrogen (secondary N) is 2. The number of rotatable bonds is 5. The van der Waals surface area contributed by atoms with Crippen LogP contribution in [0.15, 0.2) is 4.99 Å². The molecule has 1 aliphatic carbocycles. The molecule has 2 fully saturated rings. The van der Waals surface area contributed by atoms with Crippen LogP contribution in [0.3, 0.4) is 0 Å². The summed E-state index contributed by atoms with van der Waals surface area (Å²) in [6.07, 6.45) is 6.81. The molecule has 0 bridgehead atoms. The minimum atomic E-state index is 0.0580. The Hall–Kier alpha value is -1.90. The molecule has 1 aromatic heterocycles. The highest BCUT2D eigenvalue weighted by atomic mass is 32.1. The predicted octanol–water partition coefficient (Wildman–Crippen LogP) is 1.25. The third-order valence-electron chi connectivity index (χ3n) is 5.21. The Labute approximate surface area is 165 Å². The standard InChI is InChI=1S/C18H31N7OS/c1-3-15-22-18(27-23-15)25-11-9-24(10-12-25)17(19-2)20-13-16(26)21-14-7-5-4-6-8-14/h14H,3-13H2,1-2H3,(H,19,20)(H,21,26). The van der Waals surface area contributed by atoms with E-state index < -0.39 is 0 Å². The van der Waals surface area contributed by atoms with Gasteiger partial charge in [-0.3, -0.25) is 9.79 Å². The van der Waals surface area contributed by atoms with E-state index >= 15 is 0 Å². The molecule has 1 amide bonds. The van der Waals surface area contributed by atoms with Gasteiger partial charge in [0.05, 0.1) is 6.54 Å². The minimum Gasteiger partial charge on any atom is -0.352 e. The molecule has 2 heterocycles. The predicted molar refractivity (Wildman–Crippen MR) is 109 cm³/mol. The summed E-state index contributed by atoms with van der Waals surface area (Å²) in [5, 5.41) is 7.36. The fourth-order valence-corrected chi connectivity index (χ4v) is 4.44. The average Bonchev–Trinajstić information content (AvgIpc) is 3.19. The number of anilines is 1. The second-order valence-electron chi connectivity index (χ2n) is 7.12. The maximum atomic E-state index is 12.2. The normalized spacial score (nSPS) is 19.3. The van der Waals surface area contributed by atoms with Gasteiger partial charge in [0, 0.05) is 57.2 Å². The van der Waals surface area contributed by atoms with Gasteiger partial charge in [0.15, 0.2) is 5.96 Å². The Balaban J connectivity index is 1.42. The third kappa shape index (κ3) is 5.54. The minimum absolute atomic E-state index is 0.0580. The molecule has 3 rings (SSSR count). The number of hydrogen-bond donors (Lipinski definition) is 2. The monoisotopic (exact) mass is 393 g/mol. The van der Waals surface area contributed by atoms with Crippen LogP contribution < -0.4 is 15.5 Å². The summed E-state index contributed by atoms with van der Waals surface area (Å²) in [5.74, 6) is 1.77. The highest BCUT2D eigenvalue weighted by molar-refractivity contribution is 7.09. The van der Waals surface area contributed by atoms with Crippen LogP contribution in [-0.2, 0) is 11.2 Å². The first-order valence-corrected chi connectivity index (χ1v) is 10.8. The number of nitrogens with zero attached hydrogens (tertiary/aromatic N) is 5. The van der Waals surface area contributed by atoms with E-state index in [2.05, 4.69) is 41.7 Å². The maximum absolute atomic E-state index is 12.2. The molecular formula is C18H31N7OS. The highest BCUT2D eigenvalue weighted by Crippen LogP contribution is 2.19. The number of hydrogen-bond acceptors (Lipinski definition) is 6. The van der Waals surface area contributed by atoms with Crippen molar-refractivity contribution in [1.82, 2.24) is 24.9 Å². The summed E-state index contributed by atoms with van der Waals surface area (Å²) in [7, 11) is 1.77. The first-order valence-electron chi connectivity index (χ1n) is 10.0. The van der Waals surface area contributed by atoms with E-state index in [9.17, 15) is 4.79 Å². The molecule has 1 saturated carbocycles. The molecule has 0 aromatic carbocycles. The summed E-state index contributed by atoms with van der Waals surface area (Å²) in [4.78, 5) is 25.6. The molecule has 9 heteroatoms. The molecule has 0 radical (unpaired) electrons. The van der Waals surface area contributed by atoms with Crippen molar-refractivity contribution in [3.63, 3.8) is 0 Å². The van der Waals surface area contributed by atoms with E-state index in [1.54, 1.807) is 7.05 Å². The fourth-order valence-electron chi connectivity index (χ4n) is 3.64. The maximum Gasteiger partial charge on any atom is 0.239 e. The van der Waals surface area contributed by atoms with Crippen molar-refractivity contribution in [2.75, 3.05) is 44.7 Å². The lowest BCUT2D eigenvalue weighted by atomic mass is 9.95. The first-order chi connectivity index (χ1) is 13.2. The lowest BCUT2D eigenvalue weighted by molar-refractivity contribution is -0.120. The molecule has 0 unspecified atom stereocenters. The molecule has 1 aromatic rings. The number of carbonyl (C=O) groups is 1. The second kappa shape index (κ2) is 9.87. The second-order valence-corrected chi connectivity index (χ2v) is 7.85. The number of aromatic nitrogens is 2. The van der Waals surface area contributed by atoms with Gasteiger partial charge >= 0.3 is 0 Å². The molecule has 2 aliphatic rings. The fraction of sp³-hybridized carbons (Fsp3) is 0.778. The smallest absolute Gasteiger partial charge is 0.239 e. The highest BCUT2D eigenvalue weighted by Gasteiger charge is 2.22. The quantitative estimate of drug-likeness (QED) is 0.578. The van der Waals surface area contributed by atoms with Gasteiger partial charge in [-0.05, 0) is 12.8 Å². The van der Waals surface area contributed by atoms with Crippen LogP contribution >= 0.6 is 11.5 Å². The molecule has 0 atom stereocenters. The Kier molecular flexibility index (Phi) is 7.25. The largest absolute Gasteiger partial charge is 0.352 e. The number of guanidine groups is 1. The Morgan fingerprint density at radius 3 is 2.59 bits per heavy atom. The zero-order valence-corrected chi connectivity index (χ0v) is 17.2. The summed E-state index contributed by atoms with van der Waals surface area (Å²) >= 11 is 1.47. The Bertz CT molecular complexity index is 633. The first kappa shape index (κ1) is 19.9. The molecule has 8 nitrogen and oxygen atoms in total. The van der Waals surface area contributed by atoms with Crippen molar-refractivity contribution >= 4 is 28.5 Å². The number of amides is 1. The van der Waals surface area contributed by atoms with Crippen LogP contribution in [0.1, 0.15) is 44.9 Å². The molecule has 1 aliphatic heterocycles. The van der Waals surface area contributed by atoms with Crippen LogP contribution in [0.2, 0.25) is 0 Å². The summed E-state index contributed by atoms with van der Waals surface area (Å²) in [6, 6.07) is 0.346. The van der Waals surface area contributed by atoms with Crippen molar-refractivity contribution in [3.8, 4) is 0 Å². The molecule has 1 saturated heterocycles. The van der Waals surface area contributed by atoms with Crippen molar-refractivity contribution in [1.29, 1.82) is 0 Å². The van der Waals surface area contributed by atoms with Crippen molar-refractivity contribution < 1.29 is 4.79 Å². The van der Waals surface area contributed by atoms with Crippen molar-refractivity contribution in [2.45, 2.75) is 51.5 Å². The van der Waals surface area contributed by atoms with Gasteiger partial charge < -0.3 is 20.4 Å². The van der Waals surface area contributed by atoms with Gasteiger partial charge in [-0.2, -0.15) is 4.37 Å². The van der Waals surface area contributed by atoms with Crippen LogP contribution in [0, 0.1) is 0 Å². The molecule has 0 spiro atoms. The SMILES string of the molecule is CCc1nsc(N2CCN(C(=NC)NCC(=O)NC3CCCCC3)CC2)n1. The van der Waals surface area contributed by atoms with Crippen molar-refractivity contribution in [3.05, 3.63) is 5.82 Å². The van der Waals surface area contributed by atoms with Gasteiger partial charge in [0.2, 0.25) is 11.0 Å². The molecule has 150 valence electrons. The lowest BCUT2D eigenvalue weighted by Crippen LogP contribution is -2.54. The van der Waals surface area contributed by atoms with Crippen LogP contribution in [0.4, 0.5) is 5.13 Å². The van der Waals surface area contributed by atoms with Crippen LogP contribution in [-0.4, -0.2) is 71.9 Å². The van der Waals surface area contributed by atoms with Gasteiger partial charge in [-0.25, -0.2) is 4.98 Å². The zero-order chi connectivity index (χ0) is 19.1. The lowest BCUT2D eigenvalue weighted by Gasteiger charge is -2.36. The van der Waals surface area contributed by atoms with Crippen LogP contribution in [0.25, 0.3) is 0 Å². The Morgan fingerprint density at radius 1 is 1.22 bits per heavy atom.